The lowest BCUT2D eigenvalue weighted by Crippen LogP contribution is -2.44. The molecule has 0 saturated carbocycles. The third-order valence-electron chi connectivity index (χ3n) is 5.52. The number of oxazole rings is 1. The Morgan fingerprint density at radius 3 is 2.89 bits per heavy atom. The van der Waals surface area contributed by atoms with Gasteiger partial charge in [0.25, 0.3) is 0 Å². The fourth-order valence-corrected chi connectivity index (χ4v) is 4.29. The highest BCUT2D eigenvalue weighted by Gasteiger charge is 2.29. The normalized spacial score (nSPS) is 20.9. The lowest BCUT2D eigenvalue weighted by Gasteiger charge is -2.32. The topological polar surface area (TPSA) is 49.6 Å². The number of piperidine rings is 1. The summed E-state index contributed by atoms with van der Waals surface area (Å²) in [6.07, 6.45) is 6.93. The molecule has 1 amide bonds. The second-order valence-electron chi connectivity index (χ2n) is 7.63. The minimum Gasteiger partial charge on any atom is -0.445 e. The molecule has 2 aromatic rings. The number of likely N-dealkylation sites (tertiary alicyclic amines) is 2. The van der Waals surface area contributed by atoms with Gasteiger partial charge in [-0.05, 0) is 56.5 Å². The van der Waals surface area contributed by atoms with Crippen LogP contribution >= 0.6 is 11.6 Å². The van der Waals surface area contributed by atoms with E-state index in [1.54, 1.807) is 6.20 Å². The van der Waals surface area contributed by atoms with Gasteiger partial charge in [-0.2, -0.15) is 0 Å². The van der Waals surface area contributed by atoms with Crippen molar-refractivity contribution in [1.29, 1.82) is 0 Å². The SMILES string of the molecule is O=C(CN1CCCC1)N1CCC[C@@H](c2ncc(Cc3cccc(Cl)c3)o2)C1. The molecule has 0 N–H and O–H groups in total. The number of hydrogen-bond acceptors (Lipinski definition) is 4. The minimum absolute atomic E-state index is 0.189. The fraction of sp³-hybridized carbons (Fsp3) is 0.524. The molecule has 0 unspecified atom stereocenters. The van der Waals surface area contributed by atoms with Gasteiger partial charge in [0.15, 0.2) is 5.89 Å². The van der Waals surface area contributed by atoms with Gasteiger partial charge in [0.05, 0.1) is 18.7 Å². The monoisotopic (exact) mass is 387 g/mol. The third-order valence-corrected chi connectivity index (χ3v) is 5.75. The summed E-state index contributed by atoms with van der Waals surface area (Å²) in [5.41, 5.74) is 1.11. The number of halogens is 1. The minimum atomic E-state index is 0.189. The van der Waals surface area contributed by atoms with E-state index in [4.69, 9.17) is 16.0 Å². The molecule has 0 aliphatic carbocycles. The molecule has 5 nitrogen and oxygen atoms in total. The maximum atomic E-state index is 12.6. The van der Waals surface area contributed by atoms with Crippen LogP contribution < -0.4 is 0 Å². The number of rotatable bonds is 5. The summed E-state index contributed by atoms with van der Waals surface area (Å²) in [5.74, 6) is 2.03. The van der Waals surface area contributed by atoms with Crippen molar-refractivity contribution in [2.75, 3.05) is 32.7 Å². The predicted molar refractivity (Wildman–Crippen MR) is 105 cm³/mol. The Balaban J connectivity index is 1.36. The molecule has 2 aliphatic heterocycles. The summed E-state index contributed by atoms with van der Waals surface area (Å²) < 4.78 is 6.03. The Morgan fingerprint density at radius 1 is 1.22 bits per heavy atom. The van der Waals surface area contributed by atoms with Gasteiger partial charge in [-0.25, -0.2) is 4.98 Å². The van der Waals surface area contributed by atoms with E-state index in [0.717, 1.165) is 54.7 Å². The van der Waals surface area contributed by atoms with E-state index < -0.39 is 0 Å². The largest absolute Gasteiger partial charge is 0.445 e. The van der Waals surface area contributed by atoms with Crippen LogP contribution in [0.2, 0.25) is 5.02 Å². The van der Waals surface area contributed by atoms with E-state index in [1.165, 1.54) is 12.8 Å². The van der Waals surface area contributed by atoms with Crippen molar-refractivity contribution in [2.45, 2.75) is 38.0 Å². The fourth-order valence-electron chi connectivity index (χ4n) is 4.08. The molecule has 1 atom stereocenters. The van der Waals surface area contributed by atoms with Crippen molar-refractivity contribution in [3.05, 3.63) is 52.7 Å². The van der Waals surface area contributed by atoms with Gasteiger partial charge in [0.1, 0.15) is 5.76 Å². The molecule has 2 saturated heterocycles. The molecule has 0 bridgehead atoms. The molecule has 1 aromatic carbocycles. The highest BCUT2D eigenvalue weighted by atomic mass is 35.5. The Hall–Kier alpha value is -1.85. The maximum absolute atomic E-state index is 12.6. The standard InChI is InChI=1S/C21H26ClN3O2/c22-18-7-3-5-16(11-18)12-19-13-23-21(27-19)17-6-4-10-25(14-17)20(26)15-24-8-1-2-9-24/h3,5,7,11,13,17H,1-2,4,6,8-10,12,14-15H2/t17-/m1/s1. The van der Waals surface area contributed by atoms with Gasteiger partial charge >= 0.3 is 0 Å². The molecule has 0 radical (unpaired) electrons. The molecule has 2 aliphatic rings. The summed E-state index contributed by atoms with van der Waals surface area (Å²) >= 11 is 6.06. The first-order chi connectivity index (χ1) is 13.2. The third kappa shape index (κ3) is 4.71. The van der Waals surface area contributed by atoms with E-state index in [9.17, 15) is 4.79 Å². The molecule has 2 fully saturated rings. The van der Waals surface area contributed by atoms with Crippen LogP contribution in [0.25, 0.3) is 0 Å². The highest BCUT2D eigenvalue weighted by Crippen LogP contribution is 2.27. The molecular weight excluding hydrogens is 362 g/mol. The zero-order valence-electron chi connectivity index (χ0n) is 15.6. The lowest BCUT2D eigenvalue weighted by atomic mass is 9.98. The van der Waals surface area contributed by atoms with Crippen molar-refractivity contribution in [3.8, 4) is 0 Å². The van der Waals surface area contributed by atoms with Gasteiger partial charge < -0.3 is 9.32 Å². The molecule has 1 aromatic heterocycles. The average Bonchev–Trinajstić information content (AvgIpc) is 3.34. The van der Waals surface area contributed by atoms with Crippen LogP contribution in [-0.4, -0.2) is 53.4 Å². The number of carbonyl (C=O) groups is 1. The van der Waals surface area contributed by atoms with Crippen LogP contribution in [0.1, 0.15) is 48.8 Å². The second kappa shape index (κ2) is 8.44. The number of hydrogen-bond donors (Lipinski definition) is 0. The number of aromatic nitrogens is 1. The van der Waals surface area contributed by atoms with Crippen molar-refractivity contribution < 1.29 is 9.21 Å². The van der Waals surface area contributed by atoms with Crippen molar-refractivity contribution in [3.63, 3.8) is 0 Å². The molecule has 27 heavy (non-hydrogen) atoms. The first kappa shape index (κ1) is 18.5. The smallest absolute Gasteiger partial charge is 0.236 e. The quantitative estimate of drug-likeness (QED) is 0.784. The van der Waals surface area contributed by atoms with Crippen molar-refractivity contribution in [1.82, 2.24) is 14.8 Å². The molecular formula is C21H26ClN3O2. The van der Waals surface area contributed by atoms with E-state index in [-0.39, 0.29) is 11.8 Å². The molecule has 6 heteroatoms. The summed E-state index contributed by atoms with van der Waals surface area (Å²) in [6, 6.07) is 7.79. The van der Waals surface area contributed by atoms with Crippen molar-refractivity contribution in [2.24, 2.45) is 0 Å². The number of benzene rings is 1. The second-order valence-corrected chi connectivity index (χ2v) is 8.07. The van der Waals surface area contributed by atoms with E-state index in [2.05, 4.69) is 9.88 Å². The Labute approximate surface area is 165 Å². The van der Waals surface area contributed by atoms with Gasteiger partial charge in [0.2, 0.25) is 5.91 Å². The van der Waals surface area contributed by atoms with Crippen LogP contribution in [0, 0.1) is 0 Å². The van der Waals surface area contributed by atoms with Gasteiger partial charge in [-0.1, -0.05) is 23.7 Å². The number of nitrogens with zero attached hydrogens (tertiary/aromatic N) is 3. The summed E-state index contributed by atoms with van der Waals surface area (Å²) in [5, 5.41) is 0.728. The number of carbonyl (C=O) groups excluding carboxylic acids is 1. The predicted octanol–water partition coefficient (Wildman–Crippen LogP) is 3.72. The number of amides is 1. The van der Waals surface area contributed by atoms with Crippen LogP contribution in [0.3, 0.4) is 0 Å². The van der Waals surface area contributed by atoms with Gasteiger partial charge in [-0.15, -0.1) is 0 Å². The van der Waals surface area contributed by atoms with Crippen LogP contribution in [0.5, 0.6) is 0 Å². The van der Waals surface area contributed by atoms with Crippen LogP contribution in [-0.2, 0) is 11.2 Å². The molecule has 144 valence electrons. The first-order valence-corrected chi connectivity index (χ1v) is 10.2. The lowest BCUT2D eigenvalue weighted by molar-refractivity contribution is -0.133. The zero-order valence-corrected chi connectivity index (χ0v) is 16.3. The zero-order chi connectivity index (χ0) is 18.6. The van der Waals surface area contributed by atoms with E-state index in [1.807, 2.05) is 29.2 Å². The Kier molecular flexibility index (Phi) is 5.79. The molecule has 3 heterocycles. The molecule has 0 spiro atoms. The highest BCUT2D eigenvalue weighted by molar-refractivity contribution is 6.30. The van der Waals surface area contributed by atoms with Gasteiger partial charge in [-0.3, -0.25) is 9.69 Å². The Bertz CT molecular complexity index is 785. The maximum Gasteiger partial charge on any atom is 0.236 e. The average molecular weight is 388 g/mol. The summed E-state index contributed by atoms with van der Waals surface area (Å²) in [7, 11) is 0. The Morgan fingerprint density at radius 2 is 2.07 bits per heavy atom. The summed E-state index contributed by atoms with van der Waals surface area (Å²) in [6.45, 7) is 4.21. The molecule has 4 rings (SSSR count). The summed E-state index contributed by atoms with van der Waals surface area (Å²) in [4.78, 5) is 21.4. The van der Waals surface area contributed by atoms with E-state index >= 15 is 0 Å². The van der Waals surface area contributed by atoms with Crippen molar-refractivity contribution >= 4 is 17.5 Å². The van der Waals surface area contributed by atoms with Crippen LogP contribution in [0.4, 0.5) is 0 Å². The van der Waals surface area contributed by atoms with Crippen LogP contribution in [0.15, 0.2) is 34.9 Å². The van der Waals surface area contributed by atoms with E-state index in [0.29, 0.717) is 19.5 Å². The van der Waals surface area contributed by atoms with Gasteiger partial charge in [0, 0.05) is 24.5 Å². The first-order valence-electron chi connectivity index (χ1n) is 9.86.